The van der Waals surface area contributed by atoms with Crippen LogP contribution < -0.4 is 5.32 Å². The first kappa shape index (κ1) is 16.8. The summed E-state index contributed by atoms with van der Waals surface area (Å²) in [6.07, 6.45) is 1.92. The highest BCUT2D eigenvalue weighted by Crippen LogP contribution is 2.17. The molecule has 2 fully saturated rings. The van der Waals surface area contributed by atoms with Crippen LogP contribution in [0, 0.1) is 0 Å². The molecule has 0 spiro atoms. The molecule has 2 saturated heterocycles. The van der Waals surface area contributed by atoms with E-state index >= 15 is 0 Å². The fourth-order valence-corrected chi connectivity index (χ4v) is 5.08. The fraction of sp³-hybridized carbons (Fsp3) is 0.857. The van der Waals surface area contributed by atoms with Gasteiger partial charge in [0, 0.05) is 25.0 Å². The van der Waals surface area contributed by atoms with Crippen molar-refractivity contribution in [3.8, 4) is 0 Å². The number of hydrogen-bond acceptors (Lipinski definition) is 8. The summed E-state index contributed by atoms with van der Waals surface area (Å²) in [4.78, 5) is 6.56. The van der Waals surface area contributed by atoms with Gasteiger partial charge < -0.3 is 14.9 Å². The van der Waals surface area contributed by atoms with Crippen molar-refractivity contribution in [2.45, 2.75) is 50.9 Å². The van der Waals surface area contributed by atoms with E-state index in [0.29, 0.717) is 18.3 Å². The van der Waals surface area contributed by atoms with Crippen molar-refractivity contribution >= 4 is 9.84 Å². The van der Waals surface area contributed by atoms with Gasteiger partial charge in [0.25, 0.3) is 0 Å². The lowest BCUT2D eigenvalue weighted by Gasteiger charge is -2.34. The zero-order valence-corrected chi connectivity index (χ0v) is 14.1. The van der Waals surface area contributed by atoms with Gasteiger partial charge >= 0.3 is 0 Å². The normalized spacial score (nSPS) is 31.5. The number of nitrogens with zero attached hydrogens (tertiary/aromatic N) is 3. The van der Waals surface area contributed by atoms with Crippen LogP contribution in [0.1, 0.15) is 31.5 Å². The highest BCUT2D eigenvalue weighted by Gasteiger charge is 2.37. The number of piperidine rings is 1. The highest BCUT2D eigenvalue weighted by molar-refractivity contribution is 7.91. The second kappa shape index (κ2) is 6.84. The van der Waals surface area contributed by atoms with Gasteiger partial charge in [-0.1, -0.05) is 12.1 Å². The predicted octanol–water partition coefficient (Wildman–Crippen LogP) is -0.656. The molecule has 0 bridgehead atoms. The molecule has 2 aliphatic heterocycles. The van der Waals surface area contributed by atoms with Crippen molar-refractivity contribution in [3.05, 3.63) is 11.7 Å². The second-order valence-corrected chi connectivity index (χ2v) is 8.60. The Morgan fingerprint density at radius 1 is 1.43 bits per heavy atom. The van der Waals surface area contributed by atoms with Gasteiger partial charge in [0.2, 0.25) is 5.89 Å². The highest BCUT2D eigenvalue weighted by atomic mass is 32.2. The standard InChI is InChI=1S/C14H24N4O4S/c1-2-14-16-13(17-22-14)7-18-5-3-4-10(6-18)15-11-8-23(20,21)9-12(11)19/h10-12,15,19H,2-9H2,1H3/t10-,11-,12+/m0/s1. The number of aryl methyl sites for hydroxylation is 1. The Balaban J connectivity index is 1.54. The molecule has 0 aromatic carbocycles. The molecule has 3 rings (SSSR count). The minimum Gasteiger partial charge on any atom is -0.390 e. The molecule has 1 aromatic heterocycles. The lowest BCUT2D eigenvalue weighted by Crippen LogP contribution is -2.52. The largest absolute Gasteiger partial charge is 0.390 e. The summed E-state index contributed by atoms with van der Waals surface area (Å²) in [5.74, 6) is 1.22. The average molecular weight is 344 g/mol. The summed E-state index contributed by atoms with van der Waals surface area (Å²) in [7, 11) is -3.12. The Bertz CT molecular complexity index is 632. The molecule has 0 unspecified atom stereocenters. The van der Waals surface area contributed by atoms with E-state index < -0.39 is 15.9 Å². The zero-order valence-electron chi connectivity index (χ0n) is 13.3. The van der Waals surface area contributed by atoms with Crippen LogP contribution in [0.25, 0.3) is 0 Å². The lowest BCUT2D eigenvalue weighted by molar-refractivity contribution is 0.130. The monoisotopic (exact) mass is 344 g/mol. The van der Waals surface area contributed by atoms with Crippen LogP contribution in [-0.2, 0) is 22.8 Å². The van der Waals surface area contributed by atoms with E-state index in [2.05, 4.69) is 20.4 Å². The zero-order chi connectivity index (χ0) is 16.4. The quantitative estimate of drug-likeness (QED) is 0.725. The first-order valence-corrected chi connectivity index (χ1v) is 9.95. The smallest absolute Gasteiger partial charge is 0.226 e. The van der Waals surface area contributed by atoms with Crippen molar-refractivity contribution < 1.29 is 18.0 Å². The van der Waals surface area contributed by atoms with Crippen molar-refractivity contribution in [1.82, 2.24) is 20.4 Å². The first-order chi connectivity index (χ1) is 10.9. The van der Waals surface area contributed by atoms with Gasteiger partial charge in [0.1, 0.15) is 0 Å². The first-order valence-electron chi connectivity index (χ1n) is 8.13. The number of sulfone groups is 1. The van der Waals surface area contributed by atoms with Crippen LogP contribution in [0.5, 0.6) is 0 Å². The summed E-state index contributed by atoms with van der Waals surface area (Å²) in [5, 5.41) is 17.2. The number of aliphatic hydroxyl groups excluding tert-OH is 1. The minimum atomic E-state index is -3.12. The van der Waals surface area contributed by atoms with Gasteiger partial charge in [0.05, 0.1) is 24.2 Å². The van der Waals surface area contributed by atoms with E-state index in [9.17, 15) is 13.5 Å². The van der Waals surface area contributed by atoms with E-state index in [1.807, 2.05) is 6.92 Å². The number of aliphatic hydroxyl groups is 1. The van der Waals surface area contributed by atoms with Crippen LogP contribution >= 0.6 is 0 Å². The molecule has 3 heterocycles. The molecule has 1 aromatic rings. The maximum Gasteiger partial charge on any atom is 0.226 e. The third kappa shape index (κ3) is 4.28. The molecular formula is C14H24N4O4S. The van der Waals surface area contributed by atoms with E-state index in [4.69, 9.17) is 4.52 Å². The lowest BCUT2D eigenvalue weighted by atomic mass is 10.0. The maximum atomic E-state index is 11.6. The molecule has 0 radical (unpaired) electrons. The number of hydrogen-bond donors (Lipinski definition) is 2. The van der Waals surface area contributed by atoms with Crippen molar-refractivity contribution in [2.75, 3.05) is 24.6 Å². The van der Waals surface area contributed by atoms with Gasteiger partial charge in [0.15, 0.2) is 15.7 Å². The Kier molecular flexibility index (Phi) is 5.00. The van der Waals surface area contributed by atoms with Crippen LogP contribution in [0.3, 0.4) is 0 Å². The van der Waals surface area contributed by atoms with Crippen LogP contribution in [0.2, 0.25) is 0 Å². The molecule has 130 valence electrons. The molecule has 8 nitrogen and oxygen atoms in total. The van der Waals surface area contributed by atoms with Crippen molar-refractivity contribution in [2.24, 2.45) is 0 Å². The molecule has 2 N–H and O–H groups in total. The van der Waals surface area contributed by atoms with E-state index in [-0.39, 0.29) is 23.6 Å². The number of rotatable bonds is 5. The molecule has 3 atom stereocenters. The van der Waals surface area contributed by atoms with Crippen LogP contribution in [0.4, 0.5) is 0 Å². The molecule has 23 heavy (non-hydrogen) atoms. The second-order valence-electron chi connectivity index (χ2n) is 6.45. The maximum absolute atomic E-state index is 11.6. The summed E-state index contributed by atoms with van der Waals surface area (Å²) < 4.78 is 28.3. The van der Waals surface area contributed by atoms with Gasteiger partial charge in [-0.2, -0.15) is 4.98 Å². The average Bonchev–Trinajstić information content (AvgIpc) is 3.03. The Hall–Kier alpha value is -1.03. The van der Waals surface area contributed by atoms with E-state index in [0.717, 1.165) is 32.4 Å². The Labute approximate surface area is 136 Å². The van der Waals surface area contributed by atoms with Gasteiger partial charge in [-0.15, -0.1) is 0 Å². The number of nitrogens with one attached hydrogen (secondary N) is 1. The molecule has 0 amide bonds. The third-order valence-corrected chi connectivity index (χ3v) is 6.17. The molecular weight excluding hydrogens is 320 g/mol. The SMILES string of the molecule is CCc1nc(CN2CCC[C@H](N[C@H]3CS(=O)(=O)C[C@H]3O)C2)no1. The van der Waals surface area contributed by atoms with Crippen LogP contribution in [-0.4, -0.2) is 71.3 Å². The number of likely N-dealkylation sites (tertiary alicyclic amines) is 1. The Morgan fingerprint density at radius 2 is 2.26 bits per heavy atom. The van der Waals surface area contributed by atoms with Gasteiger partial charge in [-0.05, 0) is 19.4 Å². The van der Waals surface area contributed by atoms with Crippen molar-refractivity contribution in [3.63, 3.8) is 0 Å². The van der Waals surface area contributed by atoms with E-state index in [1.54, 1.807) is 0 Å². The van der Waals surface area contributed by atoms with Gasteiger partial charge in [-0.25, -0.2) is 8.42 Å². The van der Waals surface area contributed by atoms with E-state index in [1.165, 1.54) is 0 Å². The summed E-state index contributed by atoms with van der Waals surface area (Å²) in [5.41, 5.74) is 0. The van der Waals surface area contributed by atoms with Crippen molar-refractivity contribution in [1.29, 1.82) is 0 Å². The third-order valence-electron chi connectivity index (χ3n) is 4.46. The summed E-state index contributed by atoms with van der Waals surface area (Å²) in [6, 6.07) is -0.184. The Morgan fingerprint density at radius 3 is 2.91 bits per heavy atom. The molecule has 9 heteroatoms. The fourth-order valence-electron chi connectivity index (χ4n) is 3.32. The predicted molar refractivity (Wildman–Crippen MR) is 83.6 cm³/mol. The van der Waals surface area contributed by atoms with Gasteiger partial charge in [-0.3, -0.25) is 4.90 Å². The minimum absolute atomic E-state index is 0.0232. The molecule has 0 saturated carbocycles. The van der Waals surface area contributed by atoms with Crippen LogP contribution in [0.15, 0.2) is 4.52 Å². The topological polar surface area (TPSA) is 109 Å². The molecule has 0 aliphatic carbocycles. The summed E-state index contributed by atoms with van der Waals surface area (Å²) >= 11 is 0. The molecule has 2 aliphatic rings. The number of aromatic nitrogens is 2. The summed E-state index contributed by atoms with van der Waals surface area (Å²) in [6.45, 7) is 4.35.